The molecular formula is C20H19N7O2. The number of morpholine rings is 1. The summed E-state index contributed by atoms with van der Waals surface area (Å²) in [5.74, 6) is 1.14. The Kier molecular flexibility index (Phi) is 4.71. The van der Waals surface area contributed by atoms with Crippen molar-refractivity contribution in [2.45, 2.75) is 6.61 Å². The number of hydrogen-bond donors (Lipinski definition) is 1. The summed E-state index contributed by atoms with van der Waals surface area (Å²) in [6, 6.07) is 11.9. The maximum absolute atomic E-state index is 5.86. The average molecular weight is 389 g/mol. The van der Waals surface area contributed by atoms with Crippen molar-refractivity contribution < 1.29 is 9.47 Å². The van der Waals surface area contributed by atoms with Crippen LogP contribution in [0.5, 0.6) is 6.01 Å². The SMILES string of the molecule is c1ccc(COc2nc(-c3ccc4[nH]ncc4c3)nc(N3CCOCC3)n2)nc1. The lowest BCUT2D eigenvalue weighted by molar-refractivity contribution is 0.122. The lowest BCUT2D eigenvalue weighted by Crippen LogP contribution is -2.37. The van der Waals surface area contributed by atoms with Crippen LogP contribution in [0.2, 0.25) is 0 Å². The van der Waals surface area contributed by atoms with Crippen LogP contribution in [0.3, 0.4) is 0 Å². The van der Waals surface area contributed by atoms with Gasteiger partial charge in [-0.1, -0.05) is 6.07 Å². The van der Waals surface area contributed by atoms with Crippen LogP contribution < -0.4 is 9.64 Å². The van der Waals surface area contributed by atoms with Gasteiger partial charge in [0.25, 0.3) is 0 Å². The van der Waals surface area contributed by atoms with Crippen LogP contribution in [0.1, 0.15) is 5.69 Å². The number of hydrogen-bond acceptors (Lipinski definition) is 8. The fraction of sp³-hybridized carbons (Fsp3) is 0.250. The third-order valence-corrected chi connectivity index (χ3v) is 4.67. The summed E-state index contributed by atoms with van der Waals surface area (Å²) in [6.07, 6.45) is 3.51. The van der Waals surface area contributed by atoms with E-state index in [9.17, 15) is 0 Å². The number of H-pyrrole nitrogens is 1. The van der Waals surface area contributed by atoms with E-state index >= 15 is 0 Å². The fourth-order valence-corrected chi connectivity index (χ4v) is 3.15. The molecule has 0 aliphatic carbocycles. The average Bonchev–Trinajstić information content (AvgIpc) is 3.27. The van der Waals surface area contributed by atoms with Gasteiger partial charge in [-0.3, -0.25) is 10.1 Å². The Labute approximate surface area is 166 Å². The van der Waals surface area contributed by atoms with Crippen molar-refractivity contribution in [1.29, 1.82) is 0 Å². The molecule has 4 aromatic rings. The zero-order valence-corrected chi connectivity index (χ0v) is 15.7. The Morgan fingerprint density at radius 3 is 2.86 bits per heavy atom. The molecule has 1 aliphatic rings. The monoisotopic (exact) mass is 389 g/mol. The van der Waals surface area contributed by atoms with Crippen molar-refractivity contribution in [3.05, 3.63) is 54.5 Å². The molecule has 1 aliphatic heterocycles. The molecule has 146 valence electrons. The van der Waals surface area contributed by atoms with Gasteiger partial charge in [-0.2, -0.15) is 20.1 Å². The van der Waals surface area contributed by atoms with Gasteiger partial charge in [0.15, 0.2) is 5.82 Å². The van der Waals surface area contributed by atoms with Crippen LogP contribution in [0.15, 0.2) is 48.8 Å². The number of aromatic nitrogens is 6. The van der Waals surface area contributed by atoms with Gasteiger partial charge in [-0.05, 0) is 30.3 Å². The smallest absolute Gasteiger partial charge is 0.322 e. The van der Waals surface area contributed by atoms with Crippen molar-refractivity contribution in [3.8, 4) is 17.4 Å². The molecule has 0 bridgehead atoms. The molecule has 0 amide bonds. The zero-order valence-electron chi connectivity index (χ0n) is 15.7. The molecule has 1 saturated heterocycles. The molecule has 3 aromatic heterocycles. The molecule has 9 heteroatoms. The predicted octanol–water partition coefficient (Wildman–Crippen LogP) is 2.23. The van der Waals surface area contributed by atoms with E-state index in [1.807, 2.05) is 36.4 Å². The molecule has 1 aromatic carbocycles. The van der Waals surface area contributed by atoms with E-state index in [4.69, 9.17) is 14.5 Å². The van der Waals surface area contributed by atoms with Crippen LogP contribution in [0.25, 0.3) is 22.3 Å². The summed E-state index contributed by atoms with van der Waals surface area (Å²) in [4.78, 5) is 20.1. The highest BCUT2D eigenvalue weighted by molar-refractivity contribution is 5.82. The maximum atomic E-state index is 5.86. The van der Waals surface area contributed by atoms with Crippen LogP contribution in [0.4, 0.5) is 5.95 Å². The molecule has 29 heavy (non-hydrogen) atoms. The second kappa shape index (κ2) is 7.80. The summed E-state index contributed by atoms with van der Waals surface area (Å²) in [6.45, 7) is 3.03. The highest BCUT2D eigenvalue weighted by atomic mass is 16.5. The summed E-state index contributed by atoms with van der Waals surface area (Å²) in [7, 11) is 0. The first-order chi connectivity index (χ1) is 14.3. The molecule has 1 N–H and O–H groups in total. The first-order valence-corrected chi connectivity index (χ1v) is 9.40. The van der Waals surface area contributed by atoms with Crippen LogP contribution in [0, 0.1) is 0 Å². The first kappa shape index (κ1) is 17.5. The number of anilines is 1. The first-order valence-electron chi connectivity index (χ1n) is 9.40. The van der Waals surface area contributed by atoms with E-state index in [1.54, 1.807) is 12.4 Å². The van der Waals surface area contributed by atoms with Gasteiger partial charge in [-0.15, -0.1) is 0 Å². The summed E-state index contributed by atoms with van der Waals surface area (Å²) >= 11 is 0. The standard InChI is InChI=1S/C20H19N7O2/c1-2-6-21-16(3-1)13-29-20-24-18(14-4-5-17-15(11-14)12-22-26-17)23-19(25-20)27-7-9-28-10-8-27/h1-6,11-12H,7-10,13H2,(H,22,26). The topological polar surface area (TPSA) is 102 Å². The molecule has 0 atom stereocenters. The van der Waals surface area contributed by atoms with Crippen molar-refractivity contribution in [2.75, 3.05) is 31.2 Å². The number of benzene rings is 1. The summed E-state index contributed by atoms with van der Waals surface area (Å²) in [5, 5.41) is 8.02. The van der Waals surface area contributed by atoms with Gasteiger partial charge < -0.3 is 14.4 Å². The normalized spacial score (nSPS) is 14.3. The van der Waals surface area contributed by atoms with Gasteiger partial charge in [-0.25, -0.2) is 0 Å². The van der Waals surface area contributed by atoms with Gasteiger partial charge in [0.05, 0.1) is 30.6 Å². The minimum Gasteiger partial charge on any atom is -0.457 e. The molecule has 9 nitrogen and oxygen atoms in total. The number of nitrogens with one attached hydrogen (secondary N) is 1. The maximum Gasteiger partial charge on any atom is 0.322 e. The van der Waals surface area contributed by atoms with Crippen LogP contribution in [-0.2, 0) is 11.3 Å². The largest absolute Gasteiger partial charge is 0.457 e. The van der Waals surface area contributed by atoms with E-state index in [2.05, 4.69) is 30.0 Å². The second-order valence-electron chi connectivity index (χ2n) is 6.62. The third-order valence-electron chi connectivity index (χ3n) is 4.67. The minimum atomic E-state index is 0.273. The highest BCUT2D eigenvalue weighted by Crippen LogP contribution is 2.24. The summed E-state index contributed by atoms with van der Waals surface area (Å²) in [5.41, 5.74) is 2.64. The zero-order chi connectivity index (χ0) is 19.5. The fourth-order valence-electron chi connectivity index (χ4n) is 3.15. The number of fused-ring (bicyclic) bond motifs is 1. The molecule has 4 heterocycles. The van der Waals surface area contributed by atoms with E-state index in [-0.39, 0.29) is 12.6 Å². The predicted molar refractivity (Wildman–Crippen MR) is 107 cm³/mol. The number of nitrogens with zero attached hydrogens (tertiary/aromatic N) is 6. The Morgan fingerprint density at radius 2 is 2.00 bits per heavy atom. The lowest BCUT2D eigenvalue weighted by atomic mass is 10.1. The Hall–Kier alpha value is -3.59. The van der Waals surface area contributed by atoms with Gasteiger partial charge in [0.1, 0.15) is 6.61 Å². The molecule has 0 spiro atoms. The highest BCUT2D eigenvalue weighted by Gasteiger charge is 2.18. The number of rotatable bonds is 5. The Morgan fingerprint density at radius 1 is 1.07 bits per heavy atom. The van der Waals surface area contributed by atoms with E-state index in [0.29, 0.717) is 25.0 Å². The molecule has 1 fully saturated rings. The van der Waals surface area contributed by atoms with Gasteiger partial charge >= 0.3 is 6.01 Å². The van der Waals surface area contributed by atoms with E-state index in [1.165, 1.54) is 0 Å². The van der Waals surface area contributed by atoms with Crippen molar-refractivity contribution >= 4 is 16.9 Å². The number of ether oxygens (including phenoxy) is 2. The van der Waals surface area contributed by atoms with E-state index < -0.39 is 0 Å². The number of pyridine rings is 1. The Balaban J connectivity index is 1.50. The molecule has 0 unspecified atom stereocenters. The van der Waals surface area contributed by atoms with Crippen molar-refractivity contribution in [2.24, 2.45) is 0 Å². The molecule has 5 rings (SSSR count). The molecule has 0 radical (unpaired) electrons. The van der Waals surface area contributed by atoms with Crippen molar-refractivity contribution in [1.82, 2.24) is 30.1 Å². The molecular weight excluding hydrogens is 370 g/mol. The van der Waals surface area contributed by atoms with Crippen molar-refractivity contribution in [3.63, 3.8) is 0 Å². The molecule has 0 saturated carbocycles. The van der Waals surface area contributed by atoms with Crippen LogP contribution >= 0.6 is 0 Å². The number of aromatic amines is 1. The van der Waals surface area contributed by atoms with Gasteiger partial charge in [0.2, 0.25) is 5.95 Å². The quantitative estimate of drug-likeness (QED) is 0.554. The van der Waals surface area contributed by atoms with E-state index in [0.717, 1.165) is 35.2 Å². The van der Waals surface area contributed by atoms with Gasteiger partial charge in [0, 0.05) is 30.2 Å². The lowest BCUT2D eigenvalue weighted by Gasteiger charge is -2.27. The third kappa shape index (κ3) is 3.85. The second-order valence-corrected chi connectivity index (χ2v) is 6.62. The minimum absolute atomic E-state index is 0.273. The summed E-state index contributed by atoms with van der Waals surface area (Å²) < 4.78 is 11.3. The van der Waals surface area contributed by atoms with Crippen LogP contribution in [-0.4, -0.2) is 56.4 Å². The Bertz CT molecular complexity index is 1110.